The third-order valence-corrected chi connectivity index (χ3v) is 8.94. The van der Waals surface area contributed by atoms with Crippen LogP contribution in [0.25, 0.3) is 87.1 Å². The van der Waals surface area contributed by atoms with Crippen LogP contribution in [-0.4, -0.2) is 24.1 Å². The molecule has 0 amide bonds. The molecule has 0 atom stereocenters. The number of fused-ring (bicyclic) bond motifs is 9. The molecule has 0 saturated carbocycles. The number of hydrogen-bond donors (Lipinski definition) is 0. The average molecular weight is 610 g/mol. The zero-order valence-electron chi connectivity index (χ0n) is 38.7. The van der Waals surface area contributed by atoms with Gasteiger partial charge in [-0.2, -0.15) is 15.0 Å². The van der Waals surface area contributed by atoms with E-state index in [1.807, 2.05) is 30.3 Å². The SMILES string of the molecule is [2H]c1c([2H])c([2H])c2c(c1[2H])c1c([2H])c([2H])c([2H])c([2H])c1n2-c1nc(-c2cccc3c2sc2ccccc23)nc(-n2c3c([2H])c([2H])c([2H])c([2H])c3c3c([2H])c([2H])c([2H])c([2H])c32)n1. The minimum atomic E-state index is -0.684. The Hall–Kier alpha value is -5.85. The van der Waals surface area contributed by atoms with Crippen LogP contribution in [-0.2, 0) is 0 Å². The summed E-state index contributed by atoms with van der Waals surface area (Å²) in [6.45, 7) is 0. The van der Waals surface area contributed by atoms with Crippen molar-refractivity contribution in [3.63, 3.8) is 0 Å². The first-order valence-electron chi connectivity index (χ1n) is 21.7. The smallest absolute Gasteiger partial charge is 0.240 e. The van der Waals surface area contributed by atoms with Gasteiger partial charge in [-0.15, -0.1) is 11.3 Å². The summed E-state index contributed by atoms with van der Waals surface area (Å²) in [7, 11) is 0. The second-order valence-corrected chi connectivity index (χ2v) is 11.2. The van der Waals surface area contributed by atoms with E-state index in [-0.39, 0.29) is 49.4 Å². The fraction of sp³-hybridized carbons (Fsp3) is 0. The van der Waals surface area contributed by atoms with Gasteiger partial charge < -0.3 is 0 Å². The number of para-hydroxylation sites is 4. The molecule has 4 heterocycles. The second kappa shape index (κ2) is 9.32. The minimum Gasteiger partial charge on any atom is -0.278 e. The van der Waals surface area contributed by atoms with E-state index in [1.165, 1.54) is 11.3 Å². The highest BCUT2D eigenvalue weighted by Crippen LogP contribution is 2.40. The Morgan fingerprint density at radius 1 is 0.467 bits per heavy atom. The molecule has 210 valence electrons. The van der Waals surface area contributed by atoms with Crippen LogP contribution in [0.2, 0.25) is 0 Å². The summed E-state index contributed by atoms with van der Waals surface area (Å²) in [6.07, 6.45) is 0. The van der Waals surface area contributed by atoms with E-state index < -0.39 is 109 Å². The molecule has 0 aliphatic rings. The summed E-state index contributed by atoms with van der Waals surface area (Å²) in [6, 6.07) is 2.77. The zero-order chi connectivity index (χ0) is 43.4. The fourth-order valence-electron chi connectivity index (χ4n) is 5.84. The number of benzene rings is 6. The summed E-state index contributed by atoms with van der Waals surface area (Å²) in [5.41, 5.74) is -0.799. The van der Waals surface area contributed by atoms with Gasteiger partial charge in [0.15, 0.2) is 5.82 Å². The van der Waals surface area contributed by atoms with Crippen LogP contribution in [0.1, 0.15) is 21.9 Å². The molecular weight excluding hydrogens is 571 g/mol. The van der Waals surface area contributed by atoms with Crippen molar-refractivity contribution in [2.75, 3.05) is 0 Å². The lowest BCUT2D eigenvalue weighted by Crippen LogP contribution is -2.10. The van der Waals surface area contributed by atoms with Crippen molar-refractivity contribution in [2.24, 2.45) is 0 Å². The van der Waals surface area contributed by atoms with Gasteiger partial charge in [0.25, 0.3) is 0 Å². The van der Waals surface area contributed by atoms with E-state index in [0.717, 1.165) is 24.6 Å². The van der Waals surface area contributed by atoms with Gasteiger partial charge in [-0.25, -0.2) is 0 Å². The maximum Gasteiger partial charge on any atom is 0.240 e. The van der Waals surface area contributed by atoms with Gasteiger partial charge in [-0.05, 0) is 36.3 Å². The van der Waals surface area contributed by atoms with Gasteiger partial charge in [0.1, 0.15) is 0 Å². The molecule has 10 aromatic rings. The molecule has 0 saturated heterocycles. The molecule has 45 heavy (non-hydrogen) atoms. The molecule has 5 nitrogen and oxygen atoms in total. The zero-order valence-corrected chi connectivity index (χ0v) is 23.5. The van der Waals surface area contributed by atoms with Crippen LogP contribution < -0.4 is 0 Å². The summed E-state index contributed by atoms with van der Waals surface area (Å²) in [5.74, 6) is -0.972. The molecule has 0 aliphatic heterocycles. The maximum atomic E-state index is 9.11. The lowest BCUT2D eigenvalue weighted by atomic mass is 10.1. The van der Waals surface area contributed by atoms with Crippen LogP contribution in [0, 0.1) is 0 Å². The maximum absolute atomic E-state index is 9.11. The first kappa shape index (κ1) is 13.8. The summed E-state index contributed by atoms with van der Waals surface area (Å²) in [4.78, 5) is 14.5. The topological polar surface area (TPSA) is 48.5 Å². The van der Waals surface area contributed by atoms with Crippen LogP contribution in [0.3, 0.4) is 0 Å². The van der Waals surface area contributed by atoms with E-state index in [4.69, 9.17) is 36.9 Å². The molecular formula is C39H23N5S. The Bertz CT molecular complexity index is 3350. The standard InChI is InChI=1S/C39H23N5S/c1-6-19-31-24(12-1)25-13-2-7-20-32(25)43(31)38-40-37(30-18-11-17-29-28-16-5-10-23-35(28)45-36(29)30)41-39(42-38)44-33-21-8-3-14-26(33)27-15-4-9-22-34(27)44/h1-23H/i1D,2D,3D,4D,6D,7D,8D,9D,12D,13D,14D,15D,19D,20D,21D,22D. The van der Waals surface area contributed by atoms with E-state index in [9.17, 15) is 0 Å². The van der Waals surface area contributed by atoms with Gasteiger partial charge in [0, 0.05) is 47.3 Å². The summed E-state index contributed by atoms with van der Waals surface area (Å²) >= 11 is 1.42. The van der Waals surface area contributed by atoms with Crippen LogP contribution >= 0.6 is 11.3 Å². The Morgan fingerprint density at radius 3 is 1.47 bits per heavy atom. The quantitative estimate of drug-likeness (QED) is 0.200. The molecule has 6 aromatic carbocycles. The largest absolute Gasteiger partial charge is 0.278 e. The van der Waals surface area contributed by atoms with Crippen molar-refractivity contribution in [1.82, 2.24) is 24.1 Å². The third-order valence-electron chi connectivity index (χ3n) is 7.72. The van der Waals surface area contributed by atoms with Crippen LogP contribution in [0.5, 0.6) is 0 Å². The van der Waals surface area contributed by atoms with Crippen LogP contribution in [0.15, 0.2) is 139 Å². The lowest BCUT2D eigenvalue weighted by molar-refractivity contribution is 0.893. The Labute approximate surface area is 283 Å². The predicted molar refractivity (Wildman–Crippen MR) is 187 cm³/mol. The molecule has 10 rings (SSSR count). The monoisotopic (exact) mass is 609 g/mol. The number of aromatic nitrogens is 5. The molecule has 0 unspecified atom stereocenters. The van der Waals surface area contributed by atoms with Gasteiger partial charge in [-0.3, -0.25) is 9.13 Å². The molecule has 0 radical (unpaired) electrons. The molecule has 0 fully saturated rings. The molecule has 0 N–H and O–H groups in total. The van der Waals surface area contributed by atoms with E-state index >= 15 is 0 Å². The number of thiophene rings is 1. The lowest BCUT2D eigenvalue weighted by Gasteiger charge is -2.13. The van der Waals surface area contributed by atoms with Crippen molar-refractivity contribution in [3.8, 4) is 23.3 Å². The van der Waals surface area contributed by atoms with Crippen molar-refractivity contribution in [2.45, 2.75) is 0 Å². The Balaban J connectivity index is 1.47. The first-order valence-corrected chi connectivity index (χ1v) is 14.5. The number of rotatable bonds is 3. The van der Waals surface area contributed by atoms with E-state index in [0.29, 0.717) is 10.3 Å². The Morgan fingerprint density at radius 2 is 0.933 bits per heavy atom. The minimum absolute atomic E-state index is 0.0921. The van der Waals surface area contributed by atoms with Gasteiger partial charge in [0.05, 0.1) is 44.0 Å². The van der Waals surface area contributed by atoms with E-state index in [1.54, 1.807) is 12.1 Å². The predicted octanol–water partition coefficient (Wildman–Crippen LogP) is 10.1. The van der Waals surface area contributed by atoms with Gasteiger partial charge in [-0.1, -0.05) is 103 Å². The molecule has 4 aromatic heterocycles. The molecule has 6 heteroatoms. The average Bonchev–Trinajstić information content (AvgIpc) is 3.95. The first-order chi connectivity index (χ1) is 29.0. The number of nitrogens with zero attached hydrogens (tertiary/aromatic N) is 5. The fourth-order valence-corrected chi connectivity index (χ4v) is 7.05. The molecule has 0 spiro atoms. The second-order valence-electron chi connectivity index (χ2n) is 10.1. The van der Waals surface area contributed by atoms with Crippen LogP contribution in [0.4, 0.5) is 0 Å². The van der Waals surface area contributed by atoms with Gasteiger partial charge in [0.2, 0.25) is 11.9 Å². The van der Waals surface area contributed by atoms with E-state index in [2.05, 4.69) is 0 Å². The summed E-state index contributed by atoms with van der Waals surface area (Å²) in [5, 5.41) is 0.752. The van der Waals surface area contributed by atoms with Crippen molar-refractivity contribution in [1.29, 1.82) is 0 Å². The van der Waals surface area contributed by atoms with Crippen molar-refractivity contribution < 1.29 is 21.9 Å². The highest BCUT2D eigenvalue weighted by Gasteiger charge is 2.21. The summed E-state index contributed by atoms with van der Waals surface area (Å²) < 4.78 is 145. The molecule has 0 bridgehead atoms. The highest BCUT2D eigenvalue weighted by atomic mass is 32.1. The van der Waals surface area contributed by atoms with Crippen molar-refractivity contribution >= 4 is 75.1 Å². The van der Waals surface area contributed by atoms with Gasteiger partial charge >= 0.3 is 0 Å². The Kier molecular flexibility index (Phi) is 2.87. The molecule has 0 aliphatic carbocycles. The number of hydrogen-bond acceptors (Lipinski definition) is 4. The van der Waals surface area contributed by atoms with Crippen molar-refractivity contribution in [3.05, 3.63) is 139 Å². The normalized spacial score (nSPS) is 17.0. The highest BCUT2D eigenvalue weighted by molar-refractivity contribution is 7.26. The third kappa shape index (κ3) is 3.51.